The van der Waals surface area contributed by atoms with Crippen LogP contribution in [0, 0.1) is 0 Å². The number of hydrogen-bond donors (Lipinski definition) is 2. The highest BCUT2D eigenvalue weighted by atomic mass is 16.5. The molecule has 3 rings (SSSR count). The van der Waals surface area contributed by atoms with Gasteiger partial charge in [0.15, 0.2) is 0 Å². The number of ether oxygens (including phenoxy) is 1. The van der Waals surface area contributed by atoms with Crippen molar-refractivity contribution in [1.29, 1.82) is 0 Å². The van der Waals surface area contributed by atoms with Crippen molar-refractivity contribution in [2.45, 2.75) is 63.0 Å². The monoisotopic (exact) mass is 288 g/mol. The summed E-state index contributed by atoms with van der Waals surface area (Å²) < 4.78 is 6.08. The molecule has 1 fully saturated rings. The number of amides is 1. The van der Waals surface area contributed by atoms with Crippen molar-refractivity contribution in [3.63, 3.8) is 0 Å². The summed E-state index contributed by atoms with van der Waals surface area (Å²) >= 11 is 0. The molecule has 1 aromatic rings. The van der Waals surface area contributed by atoms with Gasteiger partial charge in [-0.15, -0.1) is 0 Å². The molecule has 0 heterocycles. The van der Waals surface area contributed by atoms with E-state index in [1.54, 1.807) is 0 Å². The van der Waals surface area contributed by atoms with E-state index in [0.29, 0.717) is 12.8 Å². The minimum atomic E-state index is -0.906. The zero-order valence-corrected chi connectivity index (χ0v) is 12.4. The second kappa shape index (κ2) is 5.68. The summed E-state index contributed by atoms with van der Waals surface area (Å²) in [6.07, 6.45) is 7.83. The van der Waals surface area contributed by atoms with Crippen LogP contribution in [-0.4, -0.2) is 17.6 Å². The molecule has 2 unspecified atom stereocenters. The van der Waals surface area contributed by atoms with E-state index in [0.717, 1.165) is 25.0 Å². The number of fused-ring (bicyclic) bond motifs is 1. The first-order chi connectivity index (χ1) is 10.1. The summed E-state index contributed by atoms with van der Waals surface area (Å²) in [7, 11) is 0. The molecule has 2 atom stereocenters. The van der Waals surface area contributed by atoms with Gasteiger partial charge in [0.2, 0.25) is 5.91 Å². The smallest absolute Gasteiger partial charge is 0.237 e. The number of benzene rings is 1. The van der Waals surface area contributed by atoms with Crippen LogP contribution in [0.4, 0.5) is 0 Å². The van der Waals surface area contributed by atoms with E-state index >= 15 is 0 Å². The van der Waals surface area contributed by atoms with E-state index in [4.69, 9.17) is 16.2 Å². The molecule has 0 saturated heterocycles. The Morgan fingerprint density at radius 1 is 1.19 bits per heavy atom. The third-order valence-electron chi connectivity index (χ3n) is 4.85. The van der Waals surface area contributed by atoms with Crippen molar-refractivity contribution in [3.8, 4) is 5.75 Å². The standard InChI is InChI=1S/C17H24N2O2/c18-16(20)17(19)9-3-6-15(11-17)21-14-8-7-12-4-1-2-5-13(12)10-14/h7-8,10,15H,1-6,9,11,19H2,(H2,18,20). The summed E-state index contributed by atoms with van der Waals surface area (Å²) in [5.74, 6) is 0.482. The van der Waals surface area contributed by atoms with E-state index < -0.39 is 11.4 Å². The number of aryl methyl sites for hydroxylation is 2. The van der Waals surface area contributed by atoms with Crippen LogP contribution in [0.3, 0.4) is 0 Å². The Morgan fingerprint density at radius 3 is 2.71 bits per heavy atom. The predicted octanol–water partition coefficient (Wildman–Crippen LogP) is 2.07. The molecule has 2 aliphatic carbocycles. The maximum atomic E-state index is 11.5. The first kappa shape index (κ1) is 14.4. The number of nitrogens with two attached hydrogens (primary N) is 2. The van der Waals surface area contributed by atoms with Crippen LogP contribution in [0.25, 0.3) is 0 Å². The molecule has 1 saturated carbocycles. The van der Waals surface area contributed by atoms with Crippen molar-refractivity contribution < 1.29 is 9.53 Å². The van der Waals surface area contributed by atoms with Crippen LogP contribution in [0.2, 0.25) is 0 Å². The minimum Gasteiger partial charge on any atom is -0.490 e. The van der Waals surface area contributed by atoms with Gasteiger partial charge in [-0.05, 0) is 68.2 Å². The highest BCUT2D eigenvalue weighted by Crippen LogP contribution is 2.31. The number of carbonyl (C=O) groups excluding carboxylic acids is 1. The molecule has 1 amide bonds. The number of carbonyl (C=O) groups is 1. The molecule has 4 nitrogen and oxygen atoms in total. The summed E-state index contributed by atoms with van der Waals surface area (Å²) in [5.41, 5.74) is 13.5. The minimum absolute atomic E-state index is 0.0158. The lowest BCUT2D eigenvalue weighted by molar-refractivity contribution is -0.125. The fourth-order valence-electron chi connectivity index (χ4n) is 3.56. The fraction of sp³-hybridized carbons (Fsp3) is 0.588. The first-order valence-electron chi connectivity index (χ1n) is 7.94. The van der Waals surface area contributed by atoms with E-state index in [1.165, 1.54) is 30.4 Å². The molecule has 0 spiro atoms. The van der Waals surface area contributed by atoms with Gasteiger partial charge in [0, 0.05) is 6.42 Å². The van der Waals surface area contributed by atoms with Crippen LogP contribution in [-0.2, 0) is 17.6 Å². The first-order valence-corrected chi connectivity index (χ1v) is 7.94. The van der Waals surface area contributed by atoms with E-state index in [-0.39, 0.29) is 6.10 Å². The van der Waals surface area contributed by atoms with Gasteiger partial charge in [0.1, 0.15) is 11.9 Å². The molecule has 0 bridgehead atoms. The number of rotatable bonds is 3. The third kappa shape index (κ3) is 3.05. The molecule has 4 heteroatoms. The van der Waals surface area contributed by atoms with Crippen molar-refractivity contribution in [1.82, 2.24) is 0 Å². The summed E-state index contributed by atoms with van der Waals surface area (Å²) in [6.45, 7) is 0. The Morgan fingerprint density at radius 2 is 1.95 bits per heavy atom. The Balaban J connectivity index is 1.70. The Labute approximate surface area is 125 Å². The lowest BCUT2D eigenvalue weighted by Crippen LogP contribution is -2.56. The molecule has 21 heavy (non-hydrogen) atoms. The normalized spacial score (nSPS) is 28.7. The van der Waals surface area contributed by atoms with Gasteiger partial charge < -0.3 is 16.2 Å². The largest absolute Gasteiger partial charge is 0.490 e. The lowest BCUT2D eigenvalue weighted by Gasteiger charge is -2.35. The lowest BCUT2D eigenvalue weighted by atomic mass is 9.80. The Hall–Kier alpha value is -1.55. The number of hydrogen-bond acceptors (Lipinski definition) is 3. The molecule has 0 aromatic heterocycles. The quantitative estimate of drug-likeness (QED) is 0.893. The summed E-state index contributed by atoms with van der Waals surface area (Å²) in [6, 6.07) is 6.38. The Bertz CT molecular complexity index is 544. The third-order valence-corrected chi connectivity index (χ3v) is 4.85. The maximum Gasteiger partial charge on any atom is 0.237 e. The van der Waals surface area contributed by atoms with Crippen molar-refractivity contribution in [3.05, 3.63) is 29.3 Å². The van der Waals surface area contributed by atoms with Gasteiger partial charge in [-0.3, -0.25) is 4.79 Å². The summed E-state index contributed by atoms with van der Waals surface area (Å²) in [5, 5.41) is 0. The van der Waals surface area contributed by atoms with Crippen LogP contribution in [0.5, 0.6) is 5.75 Å². The van der Waals surface area contributed by atoms with Crippen molar-refractivity contribution in [2.24, 2.45) is 11.5 Å². The SMILES string of the molecule is NC(=O)C1(N)CCCC(Oc2ccc3c(c2)CCCC3)C1. The average Bonchev–Trinajstić information content (AvgIpc) is 2.47. The van der Waals surface area contributed by atoms with Gasteiger partial charge in [-0.2, -0.15) is 0 Å². The molecule has 0 aliphatic heterocycles. The molecule has 0 radical (unpaired) electrons. The van der Waals surface area contributed by atoms with Crippen LogP contribution in [0.1, 0.15) is 49.7 Å². The van der Waals surface area contributed by atoms with Crippen molar-refractivity contribution >= 4 is 5.91 Å². The second-order valence-corrected chi connectivity index (χ2v) is 6.49. The number of primary amides is 1. The molecular weight excluding hydrogens is 264 g/mol. The van der Waals surface area contributed by atoms with Crippen LogP contribution >= 0.6 is 0 Å². The second-order valence-electron chi connectivity index (χ2n) is 6.49. The molecular formula is C17H24N2O2. The highest BCUT2D eigenvalue weighted by Gasteiger charge is 2.38. The maximum absolute atomic E-state index is 11.5. The Kier molecular flexibility index (Phi) is 3.89. The van der Waals surface area contributed by atoms with Gasteiger partial charge >= 0.3 is 0 Å². The molecule has 114 valence electrons. The zero-order chi connectivity index (χ0) is 14.9. The highest BCUT2D eigenvalue weighted by molar-refractivity contribution is 5.84. The van der Waals surface area contributed by atoms with Crippen molar-refractivity contribution in [2.75, 3.05) is 0 Å². The molecule has 2 aliphatic rings. The molecule has 4 N–H and O–H groups in total. The van der Waals surface area contributed by atoms with E-state index in [9.17, 15) is 4.79 Å². The average molecular weight is 288 g/mol. The van der Waals surface area contributed by atoms with Crippen LogP contribution in [0.15, 0.2) is 18.2 Å². The fourth-order valence-corrected chi connectivity index (χ4v) is 3.56. The van der Waals surface area contributed by atoms with Gasteiger partial charge in [0.05, 0.1) is 5.54 Å². The van der Waals surface area contributed by atoms with Gasteiger partial charge in [-0.25, -0.2) is 0 Å². The van der Waals surface area contributed by atoms with E-state index in [2.05, 4.69) is 12.1 Å². The van der Waals surface area contributed by atoms with Crippen LogP contribution < -0.4 is 16.2 Å². The van der Waals surface area contributed by atoms with E-state index in [1.807, 2.05) is 6.07 Å². The van der Waals surface area contributed by atoms with Gasteiger partial charge in [0.25, 0.3) is 0 Å². The summed E-state index contributed by atoms with van der Waals surface area (Å²) in [4.78, 5) is 11.5. The molecule has 1 aromatic carbocycles. The predicted molar refractivity (Wildman–Crippen MR) is 82.1 cm³/mol. The topological polar surface area (TPSA) is 78.3 Å². The van der Waals surface area contributed by atoms with Gasteiger partial charge in [-0.1, -0.05) is 6.07 Å². The zero-order valence-electron chi connectivity index (χ0n) is 12.4.